The first-order valence-electron chi connectivity index (χ1n) is 7.87. The molecule has 2 amide bonds. The topological polar surface area (TPSA) is 52.6 Å². The monoisotopic (exact) mass is 288 g/mol. The number of aryl methyl sites for hydroxylation is 2. The zero-order valence-electron chi connectivity index (χ0n) is 12.9. The lowest BCUT2D eigenvalue weighted by Gasteiger charge is -2.33. The molecule has 0 spiro atoms. The quantitative estimate of drug-likeness (QED) is 0.879. The van der Waals surface area contributed by atoms with Crippen LogP contribution in [0.4, 0.5) is 10.5 Å². The van der Waals surface area contributed by atoms with Crippen molar-refractivity contribution in [1.82, 2.24) is 4.90 Å². The molecular weight excluding hydrogens is 264 g/mol. The number of fused-ring (bicyclic) bond motifs is 1. The number of amides is 2. The first-order chi connectivity index (χ1) is 9.95. The number of aliphatic hydroxyl groups is 1. The number of hydrogen-bond donors (Lipinski definition) is 2. The molecule has 0 radical (unpaired) electrons. The van der Waals surface area contributed by atoms with Gasteiger partial charge < -0.3 is 15.3 Å². The Bertz CT molecular complexity index is 548. The number of benzene rings is 1. The van der Waals surface area contributed by atoms with Gasteiger partial charge in [-0.3, -0.25) is 0 Å². The first kappa shape index (κ1) is 14.4. The third kappa shape index (κ3) is 2.91. The van der Waals surface area contributed by atoms with Gasteiger partial charge in [-0.05, 0) is 69.2 Å². The lowest BCUT2D eigenvalue weighted by molar-refractivity contribution is 0.0117. The van der Waals surface area contributed by atoms with Crippen molar-refractivity contribution in [1.29, 1.82) is 0 Å². The minimum absolute atomic E-state index is 0.0995. The highest BCUT2D eigenvalue weighted by Crippen LogP contribution is 2.28. The summed E-state index contributed by atoms with van der Waals surface area (Å²) in [5.74, 6) is 0. The molecule has 4 heteroatoms. The SMILES string of the molecule is CC(C)(O)C1CCCN1C(=O)Nc1ccc2c(c1)CCC2. The largest absolute Gasteiger partial charge is 0.388 e. The number of carbonyl (C=O) groups is 1. The van der Waals surface area contributed by atoms with Crippen molar-refractivity contribution in [3.8, 4) is 0 Å². The Kier molecular flexibility index (Phi) is 3.66. The second kappa shape index (κ2) is 5.34. The summed E-state index contributed by atoms with van der Waals surface area (Å²) in [7, 11) is 0. The van der Waals surface area contributed by atoms with Crippen molar-refractivity contribution in [2.75, 3.05) is 11.9 Å². The minimum Gasteiger partial charge on any atom is -0.388 e. The van der Waals surface area contributed by atoms with Crippen LogP contribution < -0.4 is 5.32 Å². The molecule has 0 saturated carbocycles. The van der Waals surface area contributed by atoms with E-state index < -0.39 is 5.60 Å². The van der Waals surface area contributed by atoms with Gasteiger partial charge in [-0.15, -0.1) is 0 Å². The summed E-state index contributed by atoms with van der Waals surface area (Å²) in [5.41, 5.74) is 2.77. The van der Waals surface area contributed by atoms with Gasteiger partial charge in [0.15, 0.2) is 0 Å². The fourth-order valence-electron chi connectivity index (χ4n) is 3.59. The zero-order valence-corrected chi connectivity index (χ0v) is 12.9. The molecule has 1 atom stereocenters. The number of rotatable bonds is 2. The number of likely N-dealkylation sites (tertiary alicyclic amines) is 1. The second-order valence-electron chi connectivity index (χ2n) is 6.77. The van der Waals surface area contributed by atoms with Crippen LogP contribution in [0.5, 0.6) is 0 Å². The maximum absolute atomic E-state index is 12.5. The lowest BCUT2D eigenvalue weighted by atomic mass is 9.97. The summed E-state index contributed by atoms with van der Waals surface area (Å²) in [6.07, 6.45) is 5.28. The molecule has 2 aliphatic rings. The van der Waals surface area contributed by atoms with Crippen molar-refractivity contribution in [2.45, 2.75) is 57.6 Å². The van der Waals surface area contributed by atoms with Crippen molar-refractivity contribution in [3.63, 3.8) is 0 Å². The third-order valence-electron chi connectivity index (χ3n) is 4.68. The summed E-state index contributed by atoms with van der Waals surface area (Å²) in [4.78, 5) is 14.2. The highest BCUT2D eigenvalue weighted by molar-refractivity contribution is 5.90. The minimum atomic E-state index is -0.855. The van der Waals surface area contributed by atoms with Crippen LogP contribution in [-0.4, -0.2) is 34.2 Å². The molecule has 21 heavy (non-hydrogen) atoms. The van der Waals surface area contributed by atoms with E-state index in [1.165, 1.54) is 17.5 Å². The summed E-state index contributed by atoms with van der Waals surface area (Å²) in [5, 5.41) is 13.2. The Morgan fingerprint density at radius 3 is 2.81 bits per heavy atom. The normalized spacial score (nSPS) is 21.5. The Hall–Kier alpha value is -1.55. The van der Waals surface area contributed by atoms with E-state index in [0.29, 0.717) is 6.54 Å². The van der Waals surface area contributed by atoms with Crippen LogP contribution in [0.2, 0.25) is 0 Å². The molecule has 3 rings (SSSR count). The van der Waals surface area contributed by atoms with E-state index in [-0.39, 0.29) is 12.1 Å². The number of hydrogen-bond acceptors (Lipinski definition) is 2. The van der Waals surface area contributed by atoms with Gasteiger partial charge >= 0.3 is 6.03 Å². The maximum atomic E-state index is 12.5. The average molecular weight is 288 g/mol. The van der Waals surface area contributed by atoms with E-state index in [1.807, 2.05) is 6.07 Å². The van der Waals surface area contributed by atoms with Crippen LogP contribution in [0, 0.1) is 0 Å². The highest BCUT2D eigenvalue weighted by Gasteiger charge is 2.38. The molecule has 0 aromatic heterocycles. The summed E-state index contributed by atoms with van der Waals surface area (Å²) in [6.45, 7) is 4.27. The molecule has 1 aromatic rings. The van der Waals surface area contributed by atoms with E-state index in [1.54, 1.807) is 18.7 Å². The van der Waals surface area contributed by atoms with E-state index in [0.717, 1.165) is 31.4 Å². The van der Waals surface area contributed by atoms with Crippen molar-refractivity contribution < 1.29 is 9.90 Å². The van der Waals surface area contributed by atoms with Crippen LogP contribution in [-0.2, 0) is 12.8 Å². The Morgan fingerprint density at radius 1 is 1.29 bits per heavy atom. The fraction of sp³-hybridized carbons (Fsp3) is 0.588. The lowest BCUT2D eigenvalue weighted by Crippen LogP contribution is -2.49. The van der Waals surface area contributed by atoms with E-state index in [4.69, 9.17) is 0 Å². The fourth-order valence-corrected chi connectivity index (χ4v) is 3.59. The van der Waals surface area contributed by atoms with Crippen molar-refractivity contribution in [2.24, 2.45) is 0 Å². The van der Waals surface area contributed by atoms with E-state index in [9.17, 15) is 9.90 Å². The molecule has 1 saturated heterocycles. The summed E-state index contributed by atoms with van der Waals surface area (Å²) < 4.78 is 0. The van der Waals surface area contributed by atoms with Gasteiger partial charge in [-0.25, -0.2) is 4.79 Å². The molecule has 1 unspecified atom stereocenters. The van der Waals surface area contributed by atoms with Crippen molar-refractivity contribution in [3.05, 3.63) is 29.3 Å². The zero-order chi connectivity index (χ0) is 15.0. The predicted molar refractivity (Wildman–Crippen MR) is 83.5 cm³/mol. The van der Waals surface area contributed by atoms with Gasteiger partial charge in [0.1, 0.15) is 0 Å². The molecule has 2 N–H and O–H groups in total. The molecule has 4 nitrogen and oxygen atoms in total. The van der Waals surface area contributed by atoms with E-state index in [2.05, 4.69) is 17.4 Å². The van der Waals surface area contributed by atoms with Crippen LogP contribution in [0.3, 0.4) is 0 Å². The molecule has 1 fully saturated rings. The van der Waals surface area contributed by atoms with Gasteiger partial charge in [-0.2, -0.15) is 0 Å². The van der Waals surface area contributed by atoms with Crippen LogP contribution >= 0.6 is 0 Å². The smallest absolute Gasteiger partial charge is 0.322 e. The molecule has 1 aliphatic carbocycles. The highest BCUT2D eigenvalue weighted by atomic mass is 16.3. The molecule has 1 heterocycles. The van der Waals surface area contributed by atoms with E-state index >= 15 is 0 Å². The number of nitrogens with one attached hydrogen (secondary N) is 1. The van der Waals surface area contributed by atoms with Crippen molar-refractivity contribution >= 4 is 11.7 Å². The maximum Gasteiger partial charge on any atom is 0.322 e. The summed E-state index contributed by atoms with van der Waals surface area (Å²) in [6, 6.07) is 5.99. The molecule has 1 aromatic carbocycles. The Balaban J connectivity index is 1.71. The van der Waals surface area contributed by atoms with Crippen LogP contribution in [0.25, 0.3) is 0 Å². The first-order valence-corrected chi connectivity index (χ1v) is 7.87. The van der Waals surface area contributed by atoms with Gasteiger partial charge in [0.25, 0.3) is 0 Å². The Labute approximate surface area is 126 Å². The number of carbonyl (C=O) groups excluding carboxylic acids is 1. The molecular formula is C17H24N2O2. The van der Waals surface area contributed by atoms with Gasteiger partial charge in [-0.1, -0.05) is 6.07 Å². The van der Waals surface area contributed by atoms with Crippen LogP contribution in [0.15, 0.2) is 18.2 Å². The standard InChI is InChI=1S/C17H24N2O2/c1-17(2,21)15-7-4-10-19(15)16(20)18-14-9-8-12-5-3-6-13(12)11-14/h8-9,11,15,21H,3-7,10H2,1-2H3,(H,18,20). The molecule has 0 bridgehead atoms. The van der Waals surface area contributed by atoms with Gasteiger partial charge in [0.2, 0.25) is 0 Å². The van der Waals surface area contributed by atoms with Gasteiger partial charge in [0, 0.05) is 12.2 Å². The number of urea groups is 1. The Morgan fingerprint density at radius 2 is 2.05 bits per heavy atom. The van der Waals surface area contributed by atoms with Crippen LogP contribution in [0.1, 0.15) is 44.2 Å². The second-order valence-corrected chi connectivity index (χ2v) is 6.77. The average Bonchev–Trinajstić information content (AvgIpc) is 3.06. The van der Waals surface area contributed by atoms with Gasteiger partial charge in [0.05, 0.1) is 11.6 Å². The number of anilines is 1. The molecule has 1 aliphatic heterocycles. The third-order valence-corrected chi connectivity index (χ3v) is 4.68. The molecule has 114 valence electrons. The predicted octanol–water partition coefficient (Wildman–Crippen LogP) is 2.94. The summed E-state index contributed by atoms with van der Waals surface area (Å²) >= 11 is 0. The number of nitrogens with zero attached hydrogens (tertiary/aromatic N) is 1.